The highest BCUT2D eigenvalue weighted by atomic mass is 32.1. The Kier molecular flexibility index (Phi) is 6.72. The lowest BCUT2D eigenvalue weighted by atomic mass is 10.1. The molecule has 0 bridgehead atoms. The molecule has 0 saturated heterocycles. The van der Waals surface area contributed by atoms with Crippen LogP contribution in [0.3, 0.4) is 0 Å². The van der Waals surface area contributed by atoms with E-state index in [2.05, 4.69) is 15.3 Å². The van der Waals surface area contributed by atoms with Crippen molar-refractivity contribution in [2.45, 2.75) is 6.04 Å². The Morgan fingerprint density at radius 3 is 2.69 bits per heavy atom. The SMILES string of the molecule is NCC(NC(=O)c1ccc(-c2c[nH]c3ncccc23)s1)c1ccccc1.O=CO. The Labute approximate surface area is 171 Å². The van der Waals surface area contributed by atoms with Crippen molar-refractivity contribution in [1.29, 1.82) is 0 Å². The lowest BCUT2D eigenvalue weighted by Crippen LogP contribution is -2.32. The smallest absolute Gasteiger partial charge is 0.290 e. The van der Waals surface area contributed by atoms with E-state index in [1.54, 1.807) is 6.20 Å². The number of aromatic amines is 1. The maximum atomic E-state index is 12.7. The lowest BCUT2D eigenvalue weighted by Gasteiger charge is -2.16. The van der Waals surface area contributed by atoms with Gasteiger partial charge >= 0.3 is 0 Å². The Balaban J connectivity index is 0.000000755. The second-order valence-electron chi connectivity index (χ2n) is 6.04. The minimum absolute atomic E-state index is 0.112. The topological polar surface area (TPSA) is 121 Å². The number of nitrogens with zero attached hydrogens (tertiary/aromatic N) is 1. The number of amides is 1. The number of aromatic nitrogens is 2. The molecule has 8 heteroatoms. The number of nitrogens with one attached hydrogen (secondary N) is 2. The number of nitrogens with two attached hydrogens (primary N) is 1. The summed E-state index contributed by atoms with van der Waals surface area (Å²) in [7, 11) is 0. The molecule has 1 atom stereocenters. The van der Waals surface area contributed by atoms with Crippen molar-refractivity contribution in [3.05, 3.63) is 77.4 Å². The van der Waals surface area contributed by atoms with E-state index in [4.69, 9.17) is 15.6 Å². The normalized spacial score (nSPS) is 11.3. The lowest BCUT2D eigenvalue weighted by molar-refractivity contribution is -0.122. The summed E-state index contributed by atoms with van der Waals surface area (Å²) in [6.07, 6.45) is 3.68. The van der Waals surface area contributed by atoms with Crippen molar-refractivity contribution in [3.8, 4) is 10.4 Å². The van der Waals surface area contributed by atoms with E-state index in [1.165, 1.54) is 11.3 Å². The summed E-state index contributed by atoms with van der Waals surface area (Å²) >= 11 is 1.46. The Bertz CT molecular complexity index is 1090. The van der Waals surface area contributed by atoms with E-state index in [1.807, 2.05) is 60.8 Å². The van der Waals surface area contributed by atoms with E-state index in [-0.39, 0.29) is 18.4 Å². The maximum Gasteiger partial charge on any atom is 0.290 e. The van der Waals surface area contributed by atoms with Crippen LogP contribution in [0.15, 0.2) is 67.0 Å². The van der Waals surface area contributed by atoms with Crippen molar-refractivity contribution in [2.24, 2.45) is 5.73 Å². The number of pyridine rings is 1. The van der Waals surface area contributed by atoms with Gasteiger partial charge in [0.05, 0.1) is 10.9 Å². The Morgan fingerprint density at radius 1 is 1.21 bits per heavy atom. The number of hydrogen-bond acceptors (Lipinski definition) is 5. The van der Waals surface area contributed by atoms with Gasteiger partial charge in [0.25, 0.3) is 12.4 Å². The predicted octanol–water partition coefficient (Wildman–Crippen LogP) is 3.42. The average molecular weight is 408 g/mol. The highest BCUT2D eigenvalue weighted by Gasteiger charge is 2.17. The Morgan fingerprint density at radius 2 is 1.97 bits per heavy atom. The van der Waals surface area contributed by atoms with Crippen LogP contribution in [-0.2, 0) is 4.79 Å². The number of carbonyl (C=O) groups is 2. The van der Waals surface area contributed by atoms with E-state index in [9.17, 15) is 4.79 Å². The van der Waals surface area contributed by atoms with Crippen LogP contribution in [0.4, 0.5) is 0 Å². The van der Waals surface area contributed by atoms with Crippen molar-refractivity contribution >= 4 is 34.7 Å². The first kappa shape index (κ1) is 20.2. The maximum absolute atomic E-state index is 12.7. The van der Waals surface area contributed by atoms with E-state index < -0.39 is 0 Å². The molecule has 0 saturated carbocycles. The third-order valence-corrected chi connectivity index (χ3v) is 5.41. The first-order valence-corrected chi connectivity index (χ1v) is 9.65. The second-order valence-corrected chi connectivity index (χ2v) is 7.13. The largest absolute Gasteiger partial charge is 0.483 e. The number of H-pyrrole nitrogens is 1. The number of carbonyl (C=O) groups excluding carboxylic acids is 1. The molecule has 7 nitrogen and oxygen atoms in total. The average Bonchev–Trinajstić information content (AvgIpc) is 3.40. The van der Waals surface area contributed by atoms with Crippen molar-refractivity contribution < 1.29 is 14.7 Å². The highest BCUT2D eigenvalue weighted by Crippen LogP contribution is 2.33. The molecule has 0 aliphatic rings. The van der Waals surface area contributed by atoms with Crippen LogP contribution in [0.1, 0.15) is 21.3 Å². The fraction of sp³-hybridized carbons (Fsp3) is 0.0952. The van der Waals surface area contributed by atoms with Crippen LogP contribution >= 0.6 is 11.3 Å². The van der Waals surface area contributed by atoms with Crippen LogP contribution in [0.5, 0.6) is 0 Å². The predicted molar refractivity (Wildman–Crippen MR) is 114 cm³/mol. The van der Waals surface area contributed by atoms with E-state index in [0.717, 1.165) is 27.0 Å². The summed E-state index contributed by atoms with van der Waals surface area (Å²) in [5, 5.41) is 11.0. The van der Waals surface area contributed by atoms with Gasteiger partial charge in [0.1, 0.15) is 5.65 Å². The monoisotopic (exact) mass is 408 g/mol. The van der Waals surface area contributed by atoms with E-state index >= 15 is 0 Å². The van der Waals surface area contributed by atoms with Gasteiger partial charge in [-0.2, -0.15) is 0 Å². The van der Waals surface area contributed by atoms with Gasteiger partial charge in [-0.05, 0) is 29.8 Å². The van der Waals surface area contributed by atoms with Gasteiger partial charge in [-0.3, -0.25) is 9.59 Å². The van der Waals surface area contributed by atoms with Crippen LogP contribution in [0, 0.1) is 0 Å². The van der Waals surface area contributed by atoms with E-state index in [0.29, 0.717) is 11.4 Å². The first-order chi connectivity index (χ1) is 14.2. The molecule has 3 heterocycles. The zero-order valence-corrected chi connectivity index (χ0v) is 16.2. The minimum atomic E-state index is -0.250. The number of thiophene rings is 1. The van der Waals surface area contributed by atoms with Crippen molar-refractivity contribution in [2.75, 3.05) is 6.54 Å². The van der Waals surface area contributed by atoms with Gasteiger partial charge in [-0.1, -0.05) is 30.3 Å². The summed E-state index contributed by atoms with van der Waals surface area (Å²) in [6, 6.07) is 17.3. The van der Waals surface area contributed by atoms with Crippen LogP contribution < -0.4 is 11.1 Å². The molecule has 0 radical (unpaired) electrons. The summed E-state index contributed by atoms with van der Waals surface area (Å²) in [5.41, 5.74) is 8.75. The summed E-state index contributed by atoms with van der Waals surface area (Å²) < 4.78 is 0. The minimum Gasteiger partial charge on any atom is -0.483 e. The molecular formula is C21H20N4O3S. The van der Waals surface area contributed by atoms with Crippen molar-refractivity contribution in [1.82, 2.24) is 15.3 Å². The molecule has 4 aromatic rings. The third kappa shape index (κ3) is 4.68. The quantitative estimate of drug-likeness (QED) is 0.377. The molecule has 5 N–H and O–H groups in total. The zero-order chi connectivity index (χ0) is 20.6. The number of hydrogen-bond donors (Lipinski definition) is 4. The molecule has 1 amide bonds. The number of fused-ring (bicyclic) bond motifs is 1. The first-order valence-electron chi connectivity index (χ1n) is 8.84. The summed E-state index contributed by atoms with van der Waals surface area (Å²) in [4.78, 5) is 30.2. The molecule has 0 fully saturated rings. The number of carboxylic acid groups (broad SMARTS) is 1. The molecule has 0 aliphatic heterocycles. The van der Waals surface area contributed by atoms with Crippen LogP contribution in [0.2, 0.25) is 0 Å². The molecular weight excluding hydrogens is 388 g/mol. The molecule has 3 aromatic heterocycles. The van der Waals surface area contributed by atoms with Crippen LogP contribution in [0.25, 0.3) is 21.5 Å². The molecule has 148 valence electrons. The summed E-state index contributed by atoms with van der Waals surface area (Å²) in [6.45, 7) is 0.0993. The number of rotatable bonds is 5. The summed E-state index contributed by atoms with van der Waals surface area (Å²) in [5.74, 6) is -0.112. The third-order valence-electron chi connectivity index (χ3n) is 4.29. The molecule has 0 spiro atoms. The fourth-order valence-electron chi connectivity index (χ4n) is 2.96. The molecule has 29 heavy (non-hydrogen) atoms. The molecule has 1 aromatic carbocycles. The second kappa shape index (κ2) is 9.63. The molecule has 0 aliphatic carbocycles. The van der Waals surface area contributed by atoms with Gasteiger partial charge in [-0.25, -0.2) is 4.98 Å². The van der Waals surface area contributed by atoms with Gasteiger partial charge < -0.3 is 21.1 Å². The van der Waals surface area contributed by atoms with Gasteiger partial charge in [0.15, 0.2) is 0 Å². The highest BCUT2D eigenvalue weighted by molar-refractivity contribution is 7.17. The van der Waals surface area contributed by atoms with Gasteiger partial charge in [0, 0.05) is 34.8 Å². The molecule has 1 unspecified atom stereocenters. The molecule has 4 rings (SSSR count). The number of benzene rings is 1. The Hall–Kier alpha value is -3.49. The zero-order valence-electron chi connectivity index (χ0n) is 15.4. The van der Waals surface area contributed by atoms with Crippen molar-refractivity contribution in [3.63, 3.8) is 0 Å². The fourth-order valence-corrected chi connectivity index (χ4v) is 3.90. The standard InChI is InChI=1S/C20H18N4OS.CH2O2/c21-11-16(13-5-2-1-3-6-13)24-20(25)18-9-8-17(26-18)15-12-23-19-14(15)7-4-10-22-19;2-1-3/h1-10,12,16H,11,21H2,(H,22,23)(H,24,25);1H,(H,2,3). The van der Waals surface area contributed by atoms with Gasteiger partial charge in [0.2, 0.25) is 0 Å². The van der Waals surface area contributed by atoms with Gasteiger partial charge in [-0.15, -0.1) is 11.3 Å². The van der Waals surface area contributed by atoms with Crippen LogP contribution in [-0.4, -0.2) is 34.0 Å².